The van der Waals surface area contributed by atoms with Gasteiger partial charge in [0.25, 0.3) is 0 Å². The smallest absolute Gasteiger partial charge is 0.146 e. The van der Waals surface area contributed by atoms with E-state index < -0.39 is 0 Å². The number of aromatic nitrogens is 1. The van der Waals surface area contributed by atoms with Crippen molar-refractivity contribution in [2.24, 2.45) is 0 Å². The van der Waals surface area contributed by atoms with Gasteiger partial charge in [0.2, 0.25) is 0 Å². The Balaban J connectivity index is 1.98. The zero-order chi connectivity index (χ0) is 16.6. The molecule has 1 heterocycles. The van der Waals surface area contributed by atoms with Crippen molar-refractivity contribution >= 4 is 26.8 Å². The number of benzene rings is 2. The van der Waals surface area contributed by atoms with Gasteiger partial charge in [0.05, 0.1) is 0 Å². The predicted octanol–water partition coefficient (Wildman–Crippen LogP) is 5.81. The molecule has 118 valence electrons. The van der Waals surface area contributed by atoms with Crippen molar-refractivity contribution in [1.29, 1.82) is 0 Å². The summed E-state index contributed by atoms with van der Waals surface area (Å²) in [6.07, 6.45) is 1.81. The van der Waals surface area contributed by atoms with Crippen LogP contribution in [0.5, 0.6) is 5.75 Å². The largest absolute Gasteiger partial charge is 0.487 e. The van der Waals surface area contributed by atoms with Gasteiger partial charge >= 0.3 is 0 Å². The van der Waals surface area contributed by atoms with Crippen molar-refractivity contribution in [3.05, 3.63) is 68.8 Å². The number of nitrogens with zero attached hydrogens (tertiary/aromatic N) is 1. The van der Waals surface area contributed by atoms with Crippen molar-refractivity contribution in [3.63, 3.8) is 0 Å². The molecule has 0 radical (unpaired) electrons. The summed E-state index contributed by atoms with van der Waals surface area (Å²) < 4.78 is 7.34. The molecule has 0 aliphatic heterocycles. The van der Waals surface area contributed by atoms with Crippen molar-refractivity contribution in [2.45, 2.75) is 34.3 Å². The highest BCUT2D eigenvalue weighted by atomic mass is 79.9. The number of hydrogen-bond donors (Lipinski definition) is 0. The normalized spacial score (nSPS) is 11.0. The van der Waals surface area contributed by atoms with Gasteiger partial charge in [-0.3, -0.25) is 4.98 Å². The van der Waals surface area contributed by atoms with Gasteiger partial charge in [-0.15, -0.1) is 0 Å². The minimum absolute atomic E-state index is 0.558. The molecule has 1 aromatic heterocycles. The average molecular weight is 370 g/mol. The molecule has 0 aliphatic rings. The summed E-state index contributed by atoms with van der Waals surface area (Å²) >= 11 is 3.69. The second-order valence-electron chi connectivity index (χ2n) is 5.91. The first-order chi connectivity index (χ1) is 11.0. The van der Waals surface area contributed by atoms with Gasteiger partial charge in [-0.25, -0.2) is 0 Å². The van der Waals surface area contributed by atoms with Crippen molar-refractivity contribution < 1.29 is 4.74 Å². The zero-order valence-corrected chi connectivity index (χ0v) is 15.5. The molecule has 0 fully saturated rings. The van der Waals surface area contributed by atoms with E-state index in [-0.39, 0.29) is 0 Å². The Hall–Kier alpha value is -1.87. The Kier molecular flexibility index (Phi) is 4.40. The highest BCUT2D eigenvalue weighted by Crippen LogP contribution is 2.32. The van der Waals surface area contributed by atoms with E-state index in [2.05, 4.69) is 60.7 Å². The van der Waals surface area contributed by atoms with Crippen LogP contribution < -0.4 is 4.74 Å². The Morgan fingerprint density at radius 2 is 1.57 bits per heavy atom. The lowest BCUT2D eigenvalue weighted by Gasteiger charge is -2.18. The fourth-order valence-corrected chi connectivity index (χ4v) is 3.50. The molecule has 2 aromatic carbocycles. The fraction of sp³-hybridized carbons (Fsp3) is 0.250. The van der Waals surface area contributed by atoms with Crippen LogP contribution in [-0.2, 0) is 6.61 Å². The monoisotopic (exact) mass is 369 g/mol. The lowest BCUT2D eigenvalue weighted by Crippen LogP contribution is -2.05. The van der Waals surface area contributed by atoms with Crippen LogP contribution in [0.3, 0.4) is 0 Å². The summed E-state index contributed by atoms with van der Waals surface area (Å²) in [5, 5.41) is 1.10. The maximum atomic E-state index is 6.14. The minimum Gasteiger partial charge on any atom is -0.487 e. The number of rotatable bonds is 3. The molecule has 0 spiro atoms. The van der Waals surface area contributed by atoms with Crippen LogP contribution in [0.15, 0.2) is 41.0 Å². The van der Waals surface area contributed by atoms with E-state index >= 15 is 0 Å². The molecule has 0 bridgehead atoms. The average Bonchev–Trinajstić information content (AvgIpc) is 2.58. The Bertz CT molecular complexity index is 852. The molecule has 2 nitrogen and oxygen atoms in total. The lowest BCUT2D eigenvalue weighted by molar-refractivity contribution is 0.307. The number of fused-ring (bicyclic) bond motifs is 1. The summed E-state index contributed by atoms with van der Waals surface area (Å²) in [6.45, 7) is 9.17. The lowest BCUT2D eigenvalue weighted by atomic mass is 9.95. The SMILES string of the molecule is Cc1c(C)c(COc2cccc3cccnc23)c(C)c(C)c1Br. The Morgan fingerprint density at radius 3 is 2.26 bits per heavy atom. The van der Waals surface area contributed by atoms with E-state index in [1.807, 2.05) is 18.2 Å². The molecule has 0 N–H and O–H groups in total. The van der Waals surface area contributed by atoms with Crippen LogP contribution in [0.25, 0.3) is 10.9 Å². The zero-order valence-electron chi connectivity index (χ0n) is 13.9. The van der Waals surface area contributed by atoms with Gasteiger partial charge in [0.15, 0.2) is 0 Å². The third kappa shape index (κ3) is 2.86. The Morgan fingerprint density at radius 1 is 0.913 bits per heavy atom. The quantitative estimate of drug-likeness (QED) is 0.580. The summed E-state index contributed by atoms with van der Waals surface area (Å²) in [6, 6.07) is 10.1. The number of pyridine rings is 1. The van der Waals surface area contributed by atoms with Gasteiger partial charge in [-0.05, 0) is 67.6 Å². The number of ether oxygens (including phenoxy) is 1. The van der Waals surface area contributed by atoms with Gasteiger partial charge in [-0.2, -0.15) is 0 Å². The summed E-state index contributed by atoms with van der Waals surface area (Å²) in [4.78, 5) is 4.46. The molecule has 3 heteroatoms. The van der Waals surface area contributed by atoms with E-state index in [0.717, 1.165) is 16.7 Å². The van der Waals surface area contributed by atoms with E-state index in [9.17, 15) is 0 Å². The molecule has 0 atom stereocenters. The van der Waals surface area contributed by atoms with Crippen LogP contribution in [0.1, 0.15) is 27.8 Å². The van der Waals surface area contributed by atoms with Gasteiger partial charge in [-0.1, -0.05) is 34.1 Å². The van der Waals surface area contributed by atoms with Crippen LogP contribution in [-0.4, -0.2) is 4.98 Å². The molecular weight excluding hydrogens is 350 g/mol. The third-order valence-electron chi connectivity index (χ3n) is 4.66. The van der Waals surface area contributed by atoms with Crippen LogP contribution in [0, 0.1) is 27.7 Å². The standard InChI is InChI=1S/C20H20BrNO/c1-12-14(3)19(21)15(4)13(2)17(12)11-23-18-9-5-7-16-8-6-10-22-20(16)18/h5-10H,11H2,1-4H3. The molecule has 0 amide bonds. The first-order valence-corrected chi connectivity index (χ1v) is 8.51. The number of para-hydroxylation sites is 1. The second kappa shape index (κ2) is 6.32. The third-order valence-corrected chi connectivity index (χ3v) is 5.85. The summed E-state index contributed by atoms with van der Waals surface area (Å²) in [5.41, 5.74) is 7.30. The summed E-state index contributed by atoms with van der Waals surface area (Å²) in [7, 11) is 0. The molecule has 23 heavy (non-hydrogen) atoms. The molecule has 0 aliphatic carbocycles. The predicted molar refractivity (Wildman–Crippen MR) is 99.2 cm³/mol. The highest BCUT2D eigenvalue weighted by Gasteiger charge is 2.14. The van der Waals surface area contributed by atoms with Crippen molar-refractivity contribution in [1.82, 2.24) is 4.98 Å². The van der Waals surface area contributed by atoms with Crippen LogP contribution >= 0.6 is 15.9 Å². The molecular formula is C20H20BrNO. The van der Waals surface area contributed by atoms with Crippen LogP contribution in [0.2, 0.25) is 0 Å². The topological polar surface area (TPSA) is 22.1 Å². The molecule has 0 saturated heterocycles. The maximum Gasteiger partial charge on any atom is 0.146 e. The molecule has 3 aromatic rings. The fourth-order valence-electron chi connectivity index (χ4n) is 2.90. The Labute approximate surface area is 145 Å². The van der Waals surface area contributed by atoms with E-state index in [1.54, 1.807) is 6.20 Å². The minimum atomic E-state index is 0.558. The first-order valence-electron chi connectivity index (χ1n) is 7.72. The van der Waals surface area contributed by atoms with E-state index in [0.29, 0.717) is 6.61 Å². The van der Waals surface area contributed by atoms with Gasteiger partial charge in [0.1, 0.15) is 17.9 Å². The number of halogens is 1. The molecule has 0 saturated carbocycles. The van der Waals surface area contributed by atoms with E-state index in [1.165, 1.54) is 32.3 Å². The second-order valence-corrected chi connectivity index (χ2v) is 6.71. The summed E-state index contributed by atoms with van der Waals surface area (Å²) in [5.74, 6) is 0.833. The molecule has 0 unspecified atom stereocenters. The maximum absolute atomic E-state index is 6.14. The van der Waals surface area contributed by atoms with Crippen molar-refractivity contribution in [2.75, 3.05) is 0 Å². The van der Waals surface area contributed by atoms with Crippen molar-refractivity contribution in [3.8, 4) is 5.75 Å². The van der Waals surface area contributed by atoms with Gasteiger partial charge in [0, 0.05) is 16.1 Å². The van der Waals surface area contributed by atoms with E-state index in [4.69, 9.17) is 4.74 Å². The highest BCUT2D eigenvalue weighted by molar-refractivity contribution is 9.10. The van der Waals surface area contributed by atoms with Gasteiger partial charge < -0.3 is 4.74 Å². The van der Waals surface area contributed by atoms with Crippen LogP contribution in [0.4, 0.5) is 0 Å². The molecule has 3 rings (SSSR count). The first kappa shape index (κ1) is 16.0. The number of hydrogen-bond acceptors (Lipinski definition) is 2.